The Balaban J connectivity index is 0.000000309. The number of nitrogens with zero attached hydrogens (tertiary/aromatic N) is 2. The summed E-state index contributed by atoms with van der Waals surface area (Å²) in [5, 5.41) is 2.85. The summed E-state index contributed by atoms with van der Waals surface area (Å²) < 4.78 is 38.8. The molecule has 0 fully saturated rings. The maximum Gasteiger partial charge on any atom is 0.343 e. The summed E-state index contributed by atoms with van der Waals surface area (Å²) in [6.45, 7) is 16.0. The molecule has 18 heteroatoms. The molecule has 18 nitrogen and oxygen atoms in total. The summed E-state index contributed by atoms with van der Waals surface area (Å²) in [6.07, 6.45) is 11.8. The minimum Gasteiger partial charge on any atom is -0.497 e. The Labute approximate surface area is 559 Å². The highest BCUT2D eigenvalue weighted by Crippen LogP contribution is 2.24. The van der Waals surface area contributed by atoms with Crippen LogP contribution < -0.4 is 34.7 Å². The number of methoxy groups -OCH3 is 1. The molecule has 0 saturated heterocycles. The van der Waals surface area contributed by atoms with Crippen molar-refractivity contribution < 1.29 is 66.7 Å². The molecule has 504 valence electrons. The number of rotatable bonds is 32. The third-order valence-electron chi connectivity index (χ3n) is 14.4. The van der Waals surface area contributed by atoms with Crippen molar-refractivity contribution >= 4 is 53.0 Å². The van der Waals surface area contributed by atoms with E-state index in [1.54, 1.807) is 206 Å². The standard InChI is InChI=1S/C43H50N2O8.C34H42N2O6/c1-6-7-8-9-10-27-51-37-25-17-34(18-26-37)42(49)52-38-23-13-32(14-24-38)29-45(30-40(47)53-43(2,3)4)41(48)33-15-19-35(20-16-33)44-39(46)28-31-11-21-36(50-5)22-12-31;1-5-6-7-8-9-22-40-29-20-14-27(15-21-29)33(39)41-30-18-10-25(11-19-30)23-36(24-31(37)42-34(2,3)4)32(38)26-12-16-28(35)17-13-26/h11-26H,6-10,27-30H2,1-5H3,(H,44,46);10-21H,5-9,22-24,35H2,1-4H3. The zero-order chi connectivity index (χ0) is 68.8. The molecular weight excluding hydrogens is 1200 g/mol. The van der Waals surface area contributed by atoms with E-state index in [-0.39, 0.29) is 44.4 Å². The number of benzene rings is 7. The number of esters is 4. The van der Waals surface area contributed by atoms with Crippen LogP contribution in [0.25, 0.3) is 0 Å². The molecule has 0 saturated carbocycles. The maximum atomic E-state index is 13.7. The van der Waals surface area contributed by atoms with E-state index in [0.717, 1.165) is 42.6 Å². The molecule has 0 atom stereocenters. The van der Waals surface area contributed by atoms with Gasteiger partial charge in [0.2, 0.25) is 5.91 Å². The van der Waals surface area contributed by atoms with Crippen LogP contribution in [-0.4, -0.2) is 96.0 Å². The normalized spacial score (nSPS) is 11.0. The van der Waals surface area contributed by atoms with Crippen molar-refractivity contribution in [2.45, 2.75) is 150 Å². The van der Waals surface area contributed by atoms with Gasteiger partial charge in [-0.15, -0.1) is 0 Å². The molecule has 3 N–H and O–H groups in total. The van der Waals surface area contributed by atoms with E-state index in [2.05, 4.69) is 19.2 Å². The van der Waals surface area contributed by atoms with Gasteiger partial charge in [-0.05, 0) is 205 Å². The van der Waals surface area contributed by atoms with Gasteiger partial charge in [0, 0.05) is 35.6 Å². The molecule has 0 unspecified atom stereocenters. The Morgan fingerprint density at radius 3 is 1.14 bits per heavy atom. The highest BCUT2D eigenvalue weighted by molar-refractivity contribution is 5.98. The van der Waals surface area contributed by atoms with Crippen LogP contribution in [0.3, 0.4) is 0 Å². The summed E-state index contributed by atoms with van der Waals surface area (Å²) in [5.74, 6) is -0.174. The first-order valence-corrected chi connectivity index (χ1v) is 32.4. The molecule has 7 aromatic rings. The molecule has 7 aromatic carbocycles. The van der Waals surface area contributed by atoms with Gasteiger partial charge in [0.25, 0.3) is 11.8 Å². The van der Waals surface area contributed by atoms with Crippen molar-refractivity contribution in [1.82, 2.24) is 9.80 Å². The lowest BCUT2D eigenvalue weighted by Gasteiger charge is -2.25. The summed E-state index contributed by atoms with van der Waals surface area (Å²) >= 11 is 0. The average Bonchev–Trinajstić information content (AvgIpc) is 0.946. The van der Waals surface area contributed by atoms with Crippen LogP contribution >= 0.6 is 0 Å². The molecule has 3 amide bonds. The van der Waals surface area contributed by atoms with Gasteiger partial charge in [-0.1, -0.05) is 102 Å². The number of anilines is 2. The van der Waals surface area contributed by atoms with Gasteiger partial charge in [-0.25, -0.2) is 9.59 Å². The van der Waals surface area contributed by atoms with Crippen LogP contribution in [0.5, 0.6) is 28.7 Å². The number of hydrogen-bond acceptors (Lipinski definition) is 15. The lowest BCUT2D eigenvalue weighted by atomic mass is 10.1. The smallest absolute Gasteiger partial charge is 0.343 e. The second-order valence-corrected chi connectivity index (χ2v) is 24.9. The number of nitrogens with two attached hydrogens (primary N) is 1. The SMILES string of the molecule is CCCCCCCOc1ccc(C(=O)Oc2ccc(CN(CC(=O)OC(C)(C)C)C(=O)c3ccc(N)cc3)cc2)cc1.CCCCCCCOc1ccc(C(=O)Oc2ccc(CN(CC(=O)OC(C)(C)C)C(=O)c3ccc(NC(=O)Cc4ccc(OC)cc4)cc3)cc2)cc1. The lowest BCUT2D eigenvalue weighted by molar-refractivity contribution is -0.156. The van der Waals surface area contributed by atoms with Crippen LogP contribution in [0.4, 0.5) is 11.4 Å². The predicted molar refractivity (Wildman–Crippen MR) is 368 cm³/mol. The quantitative estimate of drug-likeness (QED) is 0.0173. The van der Waals surface area contributed by atoms with Gasteiger partial charge in [0.15, 0.2) is 0 Å². The maximum absolute atomic E-state index is 13.7. The molecule has 0 spiro atoms. The van der Waals surface area contributed by atoms with E-state index in [4.69, 9.17) is 38.9 Å². The number of ether oxygens (including phenoxy) is 7. The zero-order valence-electron chi connectivity index (χ0n) is 56.4. The van der Waals surface area contributed by atoms with E-state index in [1.807, 2.05) is 12.1 Å². The lowest BCUT2D eigenvalue weighted by Crippen LogP contribution is -2.38. The first-order chi connectivity index (χ1) is 45.5. The van der Waals surface area contributed by atoms with Crippen LogP contribution in [-0.2, 0) is 43.4 Å². The second kappa shape index (κ2) is 37.7. The number of hydrogen-bond donors (Lipinski definition) is 2. The van der Waals surface area contributed by atoms with Gasteiger partial charge in [-0.2, -0.15) is 0 Å². The minimum atomic E-state index is -0.732. The number of nitrogens with one attached hydrogen (secondary N) is 1. The molecule has 0 heterocycles. The van der Waals surface area contributed by atoms with Gasteiger partial charge < -0.3 is 54.0 Å². The van der Waals surface area contributed by atoms with E-state index in [1.165, 1.54) is 48.3 Å². The Bertz CT molecular complexity index is 3540. The van der Waals surface area contributed by atoms with Crippen molar-refractivity contribution in [2.75, 3.05) is 44.5 Å². The Morgan fingerprint density at radius 1 is 0.411 bits per heavy atom. The molecular formula is C77H92N4O14. The van der Waals surface area contributed by atoms with Crippen molar-refractivity contribution in [2.24, 2.45) is 0 Å². The fourth-order valence-electron chi connectivity index (χ4n) is 9.54. The molecule has 0 aromatic heterocycles. The topological polar surface area (TPSA) is 229 Å². The van der Waals surface area contributed by atoms with Crippen LogP contribution in [0.15, 0.2) is 170 Å². The summed E-state index contributed by atoms with van der Waals surface area (Å²) in [5.41, 5.74) is 9.24. The Hall–Kier alpha value is -9.97. The largest absolute Gasteiger partial charge is 0.497 e. The fraction of sp³-hybridized carbons (Fsp3) is 0.364. The molecule has 0 aliphatic carbocycles. The summed E-state index contributed by atoms with van der Waals surface area (Å²) in [6, 6.07) is 47.6. The number of unbranched alkanes of at least 4 members (excludes halogenated alkanes) is 8. The summed E-state index contributed by atoms with van der Waals surface area (Å²) in [4.78, 5) is 93.4. The van der Waals surface area contributed by atoms with E-state index in [9.17, 15) is 33.6 Å². The fourth-order valence-corrected chi connectivity index (χ4v) is 9.54. The van der Waals surface area contributed by atoms with E-state index >= 15 is 0 Å². The van der Waals surface area contributed by atoms with Gasteiger partial charge >= 0.3 is 23.9 Å². The Morgan fingerprint density at radius 2 is 0.758 bits per heavy atom. The van der Waals surface area contributed by atoms with Gasteiger partial charge in [-0.3, -0.25) is 24.0 Å². The van der Waals surface area contributed by atoms with Gasteiger partial charge in [0.05, 0.1) is 37.9 Å². The third-order valence-corrected chi connectivity index (χ3v) is 14.4. The number of amides is 3. The number of nitrogen functional groups attached to an aromatic ring is 1. The molecule has 0 aliphatic heterocycles. The highest BCUT2D eigenvalue weighted by atomic mass is 16.6. The zero-order valence-corrected chi connectivity index (χ0v) is 56.4. The summed E-state index contributed by atoms with van der Waals surface area (Å²) in [7, 11) is 1.58. The number of carbonyl (C=O) groups is 7. The van der Waals surface area contributed by atoms with Gasteiger partial charge in [0.1, 0.15) is 53.0 Å². The molecule has 0 radical (unpaired) electrons. The van der Waals surface area contributed by atoms with E-state index < -0.39 is 41.0 Å². The Kier molecular flexibility index (Phi) is 29.4. The minimum absolute atomic E-state index is 0.0900. The highest BCUT2D eigenvalue weighted by Gasteiger charge is 2.26. The van der Waals surface area contributed by atoms with E-state index in [0.29, 0.717) is 75.4 Å². The van der Waals surface area contributed by atoms with Crippen LogP contribution in [0.1, 0.15) is 178 Å². The molecule has 0 bridgehead atoms. The third kappa shape index (κ3) is 27.3. The van der Waals surface area contributed by atoms with Crippen LogP contribution in [0, 0.1) is 0 Å². The van der Waals surface area contributed by atoms with Crippen molar-refractivity contribution in [1.29, 1.82) is 0 Å². The number of carbonyl (C=O) groups excluding carboxylic acids is 7. The predicted octanol–water partition coefficient (Wildman–Crippen LogP) is 15.3. The monoisotopic (exact) mass is 1300 g/mol. The molecule has 95 heavy (non-hydrogen) atoms. The molecule has 0 aliphatic rings. The first kappa shape index (κ1) is 74.1. The van der Waals surface area contributed by atoms with Crippen LogP contribution in [0.2, 0.25) is 0 Å². The first-order valence-electron chi connectivity index (χ1n) is 32.4. The van der Waals surface area contributed by atoms with Crippen molar-refractivity contribution in [3.8, 4) is 28.7 Å². The average molecular weight is 1300 g/mol. The van der Waals surface area contributed by atoms with Crippen molar-refractivity contribution in [3.05, 3.63) is 209 Å². The molecule has 7 rings (SSSR count). The van der Waals surface area contributed by atoms with Crippen molar-refractivity contribution in [3.63, 3.8) is 0 Å². The second-order valence-electron chi connectivity index (χ2n) is 24.9.